The molecule has 0 aliphatic rings. The average molecular weight is 753 g/mol. The summed E-state index contributed by atoms with van der Waals surface area (Å²) >= 11 is 6.60. The minimum absolute atomic E-state index is 0. The summed E-state index contributed by atoms with van der Waals surface area (Å²) in [5.41, 5.74) is 1.79. The van der Waals surface area contributed by atoms with E-state index < -0.39 is 29.5 Å². The summed E-state index contributed by atoms with van der Waals surface area (Å²) < 4.78 is 42.7. The average Bonchev–Trinajstić information content (AvgIpc) is 3.38. The molecule has 1 atom stereocenters. The lowest BCUT2D eigenvalue weighted by molar-refractivity contribution is -0.141. The summed E-state index contributed by atoms with van der Waals surface area (Å²) in [6, 6.07) is 20.4. The summed E-state index contributed by atoms with van der Waals surface area (Å²) in [4.78, 5) is 36.7. The van der Waals surface area contributed by atoms with Gasteiger partial charge in [0.15, 0.2) is 5.78 Å². The van der Waals surface area contributed by atoms with Crippen LogP contribution >= 0.6 is 44.3 Å². The minimum atomic E-state index is -1.33. The first-order valence-electron chi connectivity index (χ1n) is 12.5. The van der Waals surface area contributed by atoms with Gasteiger partial charge in [0, 0.05) is 31.0 Å². The Bertz CT molecular complexity index is 1810. The van der Waals surface area contributed by atoms with Gasteiger partial charge in [0.25, 0.3) is 0 Å². The predicted molar refractivity (Wildman–Crippen MR) is 169 cm³/mol. The first-order valence-corrected chi connectivity index (χ1v) is 14.0. The molecule has 44 heavy (non-hydrogen) atoms. The summed E-state index contributed by atoms with van der Waals surface area (Å²) in [6.45, 7) is 0. The van der Waals surface area contributed by atoms with Gasteiger partial charge < -0.3 is 19.0 Å². The van der Waals surface area contributed by atoms with Gasteiger partial charge in [-0.25, -0.2) is 13.6 Å². The number of rotatable bonds is 6. The van der Waals surface area contributed by atoms with Gasteiger partial charge in [-0.05, 0) is 84.9 Å². The molecule has 1 N–H and O–H groups in total. The number of carbonyl (C=O) groups is 3. The third-order valence-corrected chi connectivity index (χ3v) is 7.26. The summed E-state index contributed by atoms with van der Waals surface area (Å²) in [5.74, 6) is -3.88. The molecule has 0 aliphatic heterocycles. The summed E-state index contributed by atoms with van der Waals surface area (Å²) in [7, 11) is 2.47. The van der Waals surface area contributed by atoms with Gasteiger partial charge in [-0.1, -0.05) is 31.9 Å². The van der Waals surface area contributed by atoms with Crippen molar-refractivity contribution in [2.75, 3.05) is 14.2 Å². The molecule has 7 nitrogen and oxygen atoms in total. The molecule has 228 valence electrons. The highest BCUT2D eigenvalue weighted by Gasteiger charge is 2.32. The van der Waals surface area contributed by atoms with Crippen LogP contribution in [0.25, 0.3) is 22.3 Å². The number of ketones is 1. The number of methoxy groups -OCH3 is 2. The zero-order valence-corrected chi connectivity index (χ0v) is 27.0. The largest absolute Gasteiger partial charge is 0.508 e. The van der Waals surface area contributed by atoms with Crippen LogP contribution in [0.3, 0.4) is 0 Å². The number of ether oxygens (including phenoxy) is 2. The lowest BCUT2D eigenvalue weighted by Crippen LogP contribution is -2.23. The van der Waals surface area contributed by atoms with E-state index in [-0.39, 0.29) is 35.1 Å². The quantitative estimate of drug-likeness (QED) is 0.105. The molecule has 0 amide bonds. The Balaban J connectivity index is 0.000000235. The van der Waals surface area contributed by atoms with E-state index in [1.54, 1.807) is 30.3 Å². The minimum Gasteiger partial charge on any atom is -0.508 e. The Labute approximate surface area is 273 Å². The Morgan fingerprint density at radius 1 is 0.795 bits per heavy atom. The van der Waals surface area contributed by atoms with E-state index in [2.05, 4.69) is 36.6 Å². The highest BCUT2D eigenvalue weighted by atomic mass is 79.9. The van der Waals surface area contributed by atoms with Crippen LogP contribution in [-0.2, 0) is 14.3 Å². The van der Waals surface area contributed by atoms with E-state index in [0.29, 0.717) is 32.3 Å². The van der Waals surface area contributed by atoms with Crippen LogP contribution in [0.5, 0.6) is 5.75 Å². The Hall–Kier alpha value is -4.06. The lowest BCUT2D eigenvalue weighted by atomic mass is 9.90. The van der Waals surface area contributed by atoms with Gasteiger partial charge in [0.2, 0.25) is 0 Å². The van der Waals surface area contributed by atoms with Crippen LogP contribution in [0.15, 0.2) is 98.3 Å². The van der Waals surface area contributed by atoms with Gasteiger partial charge >= 0.3 is 11.9 Å². The van der Waals surface area contributed by atoms with Gasteiger partial charge in [0.05, 0.1) is 14.2 Å². The Morgan fingerprint density at radius 3 is 1.95 bits per heavy atom. The van der Waals surface area contributed by atoms with Crippen molar-refractivity contribution in [3.05, 3.63) is 122 Å². The highest BCUT2D eigenvalue weighted by molar-refractivity contribution is 9.10. The number of phenols is 1. The zero-order chi connectivity index (χ0) is 31.3. The first-order chi connectivity index (χ1) is 20.5. The number of esters is 2. The van der Waals surface area contributed by atoms with E-state index in [1.165, 1.54) is 43.5 Å². The van der Waals surface area contributed by atoms with Crippen molar-refractivity contribution in [1.29, 1.82) is 0 Å². The molecule has 1 aromatic heterocycles. The molecule has 12 heteroatoms. The molecule has 0 fully saturated rings. The highest BCUT2D eigenvalue weighted by Crippen LogP contribution is 2.36. The second kappa shape index (κ2) is 15.1. The van der Waals surface area contributed by atoms with Gasteiger partial charge in [-0.3, -0.25) is 9.59 Å². The molecule has 0 aliphatic carbocycles. The maximum absolute atomic E-state index is 13.1. The van der Waals surface area contributed by atoms with Crippen LogP contribution in [0.1, 0.15) is 32.2 Å². The Kier molecular flexibility index (Phi) is 11.8. The van der Waals surface area contributed by atoms with Crippen molar-refractivity contribution in [2.24, 2.45) is 0 Å². The second-order valence-electron chi connectivity index (χ2n) is 8.98. The van der Waals surface area contributed by atoms with Crippen LogP contribution in [0, 0.1) is 11.6 Å². The second-order valence-corrected chi connectivity index (χ2v) is 10.8. The molecule has 0 spiro atoms. The number of halogens is 5. The first kappa shape index (κ1) is 34.4. The number of hydrogen-bond acceptors (Lipinski definition) is 7. The van der Waals surface area contributed by atoms with Crippen molar-refractivity contribution in [3.63, 3.8) is 0 Å². The SMILES string of the molecule is COC(=O)C(C(=O)c1ccc(F)cc1)c1cc(Br)ccc1O.COC(=O)c1c(-c2ccc(F)cc2)oc2ccc(Br)cc12.Cl. The van der Waals surface area contributed by atoms with Crippen molar-refractivity contribution in [1.82, 2.24) is 0 Å². The normalized spacial score (nSPS) is 11.0. The maximum atomic E-state index is 13.1. The van der Waals surface area contributed by atoms with Gasteiger partial charge in [-0.15, -0.1) is 12.4 Å². The molecular formula is C32H23Br2ClF2O7. The third-order valence-electron chi connectivity index (χ3n) is 6.27. The van der Waals surface area contributed by atoms with Crippen molar-refractivity contribution >= 4 is 73.0 Å². The number of furan rings is 1. The lowest BCUT2D eigenvalue weighted by Gasteiger charge is -2.16. The van der Waals surface area contributed by atoms with Crippen molar-refractivity contribution < 1.29 is 42.2 Å². The number of carbonyl (C=O) groups excluding carboxylic acids is 3. The van der Waals surface area contributed by atoms with E-state index in [0.717, 1.165) is 23.7 Å². The van der Waals surface area contributed by atoms with E-state index in [1.807, 2.05) is 6.07 Å². The molecule has 4 aromatic carbocycles. The molecule has 1 heterocycles. The van der Waals surface area contributed by atoms with Gasteiger partial charge in [0.1, 0.15) is 40.2 Å². The standard InChI is InChI=1S/C16H12BrFO4.C16H10BrFO3.ClH/c1-22-16(21)14(12-8-10(17)4-7-13(12)19)15(20)9-2-5-11(18)6-3-9;1-20-16(19)14-12-8-10(17)4-7-13(12)21-15(14)9-2-5-11(18)6-3-9;/h2-8,14,19H,1H3;2-8H,1H3;1H. The molecule has 0 saturated carbocycles. The fourth-order valence-corrected chi connectivity index (χ4v) is 4.95. The molecule has 0 saturated heterocycles. The fraction of sp³-hybridized carbons (Fsp3) is 0.0938. The topological polar surface area (TPSA) is 103 Å². The van der Waals surface area contributed by atoms with E-state index in [9.17, 15) is 28.3 Å². The third kappa shape index (κ3) is 7.71. The van der Waals surface area contributed by atoms with Crippen molar-refractivity contribution in [2.45, 2.75) is 5.92 Å². The number of Topliss-reactive ketones (excluding diaryl/α,β-unsaturated/α-hetero) is 1. The molecule has 5 rings (SSSR count). The molecule has 1 unspecified atom stereocenters. The van der Waals surface area contributed by atoms with Crippen LogP contribution < -0.4 is 0 Å². The fourth-order valence-electron chi connectivity index (χ4n) is 4.21. The molecule has 0 bridgehead atoms. The molecule has 5 aromatic rings. The number of fused-ring (bicyclic) bond motifs is 1. The monoisotopic (exact) mass is 750 g/mol. The predicted octanol–water partition coefficient (Wildman–Crippen LogP) is 8.64. The molecular weight excluding hydrogens is 730 g/mol. The van der Waals surface area contributed by atoms with Crippen LogP contribution in [0.4, 0.5) is 8.78 Å². The zero-order valence-electron chi connectivity index (χ0n) is 23.0. The number of benzene rings is 4. The van der Waals surface area contributed by atoms with Crippen LogP contribution in [0.2, 0.25) is 0 Å². The van der Waals surface area contributed by atoms with E-state index >= 15 is 0 Å². The smallest absolute Gasteiger partial charge is 0.342 e. The summed E-state index contributed by atoms with van der Waals surface area (Å²) in [6.07, 6.45) is 0. The van der Waals surface area contributed by atoms with E-state index in [4.69, 9.17) is 9.15 Å². The number of hydrogen-bond donors (Lipinski definition) is 1. The molecule has 0 radical (unpaired) electrons. The number of aromatic hydroxyl groups is 1. The van der Waals surface area contributed by atoms with Gasteiger partial charge in [-0.2, -0.15) is 0 Å². The summed E-state index contributed by atoms with van der Waals surface area (Å²) in [5, 5.41) is 10.6. The Morgan fingerprint density at radius 2 is 1.36 bits per heavy atom. The van der Waals surface area contributed by atoms with Crippen molar-refractivity contribution in [3.8, 4) is 17.1 Å². The van der Waals surface area contributed by atoms with Crippen LogP contribution in [-0.4, -0.2) is 37.0 Å². The maximum Gasteiger partial charge on any atom is 0.342 e. The number of phenolic OH excluding ortho intramolecular Hbond substituents is 1.